The molecule has 0 N–H and O–H groups in total. The topological polar surface area (TPSA) is 99.0 Å². The van der Waals surface area contributed by atoms with Crippen molar-refractivity contribution in [1.82, 2.24) is 44.6 Å². The minimum absolute atomic E-state index is 0.679. The standard InChI is InChI=1S/C23H11Br2N9S2/c24-14-6-1-4-12(10-14)18-27-29-22-33(18)31-20(35-22)16-8-3-9-17(26-16)21-32-34-19(28-30-23(34)36-21)13-5-2-7-15(25)11-13/h1-11H. The maximum absolute atomic E-state index is 4.85. The number of hydrogen-bond acceptors (Lipinski definition) is 9. The maximum atomic E-state index is 4.85. The van der Waals surface area contributed by atoms with Crippen molar-refractivity contribution in [3.8, 4) is 44.2 Å². The molecule has 0 fully saturated rings. The fourth-order valence-electron chi connectivity index (χ4n) is 3.73. The first kappa shape index (κ1) is 21.9. The van der Waals surface area contributed by atoms with Crippen molar-refractivity contribution in [2.45, 2.75) is 0 Å². The Kier molecular flexibility index (Phi) is 5.23. The van der Waals surface area contributed by atoms with Crippen molar-refractivity contribution < 1.29 is 0 Å². The van der Waals surface area contributed by atoms with Crippen LogP contribution >= 0.6 is 54.5 Å². The van der Waals surface area contributed by atoms with Crippen molar-refractivity contribution in [2.75, 3.05) is 0 Å². The molecule has 0 atom stereocenters. The zero-order valence-corrected chi connectivity index (χ0v) is 22.8. The van der Waals surface area contributed by atoms with Gasteiger partial charge in [-0.1, -0.05) is 84.9 Å². The predicted molar refractivity (Wildman–Crippen MR) is 146 cm³/mol. The van der Waals surface area contributed by atoms with Gasteiger partial charge in [-0.25, -0.2) is 4.98 Å². The average Bonchev–Trinajstić information content (AvgIpc) is 3.64. The van der Waals surface area contributed by atoms with Gasteiger partial charge in [0.25, 0.3) is 0 Å². The largest absolute Gasteiger partial charge is 0.243 e. The number of hydrogen-bond donors (Lipinski definition) is 0. The molecule has 0 saturated carbocycles. The molecule has 7 aromatic rings. The number of halogens is 2. The molecule has 7 rings (SSSR count). The Morgan fingerprint density at radius 1 is 0.583 bits per heavy atom. The third-order valence-electron chi connectivity index (χ3n) is 5.33. The van der Waals surface area contributed by atoms with Crippen molar-refractivity contribution in [3.05, 3.63) is 75.7 Å². The number of pyridine rings is 1. The lowest BCUT2D eigenvalue weighted by Gasteiger charge is -2.00. The van der Waals surface area contributed by atoms with E-state index in [1.807, 2.05) is 66.7 Å². The van der Waals surface area contributed by atoms with Crippen LogP contribution in [-0.4, -0.2) is 44.6 Å². The number of benzene rings is 2. The van der Waals surface area contributed by atoms with Gasteiger partial charge in [-0.05, 0) is 36.4 Å². The molecule has 9 nitrogen and oxygen atoms in total. The van der Waals surface area contributed by atoms with E-state index >= 15 is 0 Å². The van der Waals surface area contributed by atoms with E-state index in [-0.39, 0.29) is 0 Å². The molecular formula is C23H11Br2N9S2. The van der Waals surface area contributed by atoms with E-state index in [0.29, 0.717) is 21.6 Å². The summed E-state index contributed by atoms with van der Waals surface area (Å²) in [5.41, 5.74) is 3.33. The van der Waals surface area contributed by atoms with Crippen LogP contribution in [0, 0.1) is 0 Å². The van der Waals surface area contributed by atoms with Crippen LogP contribution in [0.2, 0.25) is 0 Å². The van der Waals surface area contributed by atoms with Crippen LogP contribution in [0.5, 0.6) is 0 Å². The van der Waals surface area contributed by atoms with Gasteiger partial charge in [0.15, 0.2) is 21.7 Å². The van der Waals surface area contributed by atoms with E-state index in [0.717, 1.165) is 41.5 Å². The zero-order chi connectivity index (χ0) is 24.2. The molecule has 2 aromatic carbocycles. The molecular weight excluding hydrogens is 626 g/mol. The molecule has 13 heteroatoms. The molecule has 0 unspecified atom stereocenters. The second kappa shape index (κ2) is 8.62. The molecule has 0 aliphatic rings. The summed E-state index contributed by atoms with van der Waals surface area (Å²) >= 11 is 9.90. The fourth-order valence-corrected chi connectivity index (χ4v) is 6.15. The third kappa shape index (κ3) is 3.75. The first-order valence-electron chi connectivity index (χ1n) is 10.6. The van der Waals surface area contributed by atoms with Gasteiger partial charge < -0.3 is 0 Å². The van der Waals surface area contributed by atoms with Crippen LogP contribution in [0.1, 0.15) is 0 Å². The van der Waals surface area contributed by atoms with Crippen molar-refractivity contribution in [1.29, 1.82) is 0 Å². The molecule has 0 aliphatic heterocycles. The molecule has 0 amide bonds. The number of aromatic nitrogens is 9. The summed E-state index contributed by atoms with van der Waals surface area (Å²) in [4.78, 5) is 6.25. The molecule has 174 valence electrons. The Morgan fingerprint density at radius 3 is 1.53 bits per heavy atom. The lowest BCUT2D eigenvalue weighted by atomic mass is 10.2. The highest BCUT2D eigenvalue weighted by molar-refractivity contribution is 9.10. The van der Waals surface area contributed by atoms with Gasteiger partial charge in [0, 0.05) is 20.1 Å². The van der Waals surface area contributed by atoms with Gasteiger partial charge >= 0.3 is 0 Å². The maximum Gasteiger partial charge on any atom is 0.235 e. The average molecular weight is 637 g/mol. The summed E-state index contributed by atoms with van der Waals surface area (Å²) in [6.45, 7) is 0. The lowest BCUT2D eigenvalue weighted by Crippen LogP contribution is -1.93. The second-order valence-electron chi connectivity index (χ2n) is 7.68. The summed E-state index contributed by atoms with van der Waals surface area (Å²) in [6, 6.07) is 21.6. The van der Waals surface area contributed by atoms with E-state index in [4.69, 9.17) is 15.2 Å². The fraction of sp³-hybridized carbons (Fsp3) is 0. The lowest BCUT2D eigenvalue weighted by molar-refractivity contribution is 0.962. The smallest absolute Gasteiger partial charge is 0.235 e. The highest BCUT2D eigenvalue weighted by Gasteiger charge is 2.18. The highest BCUT2D eigenvalue weighted by Crippen LogP contribution is 2.31. The quantitative estimate of drug-likeness (QED) is 0.224. The van der Waals surface area contributed by atoms with Gasteiger partial charge in [-0.15, -0.1) is 20.4 Å². The minimum atomic E-state index is 0.679. The summed E-state index contributed by atoms with van der Waals surface area (Å²) in [7, 11) is 0. The molecule has 5 heterocycles. The number of rotatable bonds is 4. The van der Waals surface area contributed by atoms with Gasteiger partial charge in [-0.2, -0.15) is 19.2 Å². The van der Waals surface area contributed by atoms with Gasteiger partial charge in [0.2, 0.25) is 9.92 Å². The summed E-state index contributed by atoms with van der Waals surface area (Å²) in [5.74, 6) is 1.36. The van der Waals surface area contributed by atoms with E-state index in [1.165, 1.54) is 22.7 Å². The molecule has 36 heavy (non-hydrogen) atoms. The third-order valence-corrected chi connectivity index (χ3v) is 8.16. The molecule has 0 spiro atoms. The van der Waals surface area contributed by atoms with Crippen LogP contribution in [-0.2, 0) is 0 Å². The van der Waals surface area contributed by atoms with Crippen LogP contribution in [0.3, 0.4) is 0 Å². The van der Waals surface area contributed by atoms with Crippen molar-refractivity contribution in [3.63, 3.8) is 0 Å². The SMILES string of the molecule is Brc1cccc(-c2nnc3sc(-c4cccc(-c5nn6c(-c7cccc(Br)c7)nnc6s5)n4)nn23)c1. The van der Waals surface area contributed by atoms with E-state index in [2.05, 4.69) is 52.3 Å². The Bertz CT molecular complexity index is 1770. The summed E-state index contributed by atoms with van der Waals surface area (Å²) in [6.07, 6.45) is 0. The van der Waals surface area contributed by atoms with Gasteiger partial charge in [0.1, 0.15) is 11.4 Å². The monoisotopic (exact) mass is 635 g/mol. The highest BCUT2D eigenvalue weighted by atomic mass is 79.9. The van der Waals surface area contributed by atoms with Gasteiger partial charge in [-0.3, -0.25) is 0 Å². The second-order valence-corrected chi connectivity index (χ2v) is 11.4. The van der Waals surface area contributed by atoms with Crippen molar-refractivity contribution in [2.24, 2.45) is 0 Å². The number of fused-ring (bicyclic) bond motifs is 2. The molecule has 0 bridgehead atoms. The van der Waals surface area contributed by atoms with Crippen LogP contribution in [0.15, 0.2) is 75.7 Å². The van der Waals surface area contributed by atoms with Crippen LogP contribution in [0.4, 0.5) is 0 Å². The zero-order valence-electron chi connectivity index (χ0n) is 17.9. The molecule has 5 aromatic heterocycles. The minimum Gasteiger partial charge on any atom is -0.243 e. The Morgan fingerprint density at radius 2 is 1.06 bits per heavy atom. The Balaban J connectivity index is 1.27. The first-order chi connectivity index (χ1) is 17.6. The van der Waals surface area contributed by atoms with Crippen LogP contribution < -0.4 is 0 Å². The molecule has 0 radical (unpaired) electrons. The normalized spacial score (nSPS) is 11.6. The predicted octanol–water partition coefficient (Wildman–Crippen LogP) is 6.27. The van der Waals surface area contributed by atoms with E-state index in [9.17, 15) is 0 Å². The van der Waals surface area contributed by atoms with Crippen molar-refractivity contribution >= 4 is 64.5 Å². The first-order valence-corrected chi connectivity index (χ1v) is 13.8. The Labute approximate surface area is 227 Å². The molecule has 0 saturated heterocycles. The summed E-state index contributed by atoms with van der Waals surface area (Å²) in [5, 5.41) is 28.3. The number of nitrogens with zero attached hydrogens (tertiary/aromatic N) is 9. The van der Waals surface area contributed by atoms with Gasteiger partial charge in [0.05, 0.1) is 0 Å². The Hall–Kier alpha value is -3.39. The summed E-state index contributed by atoms with van der Waals surface area (Å²) < 4.78 is 5.44. The molecule has 0 aliphatic carbocycles. The van der Waals surface area contributed by atoms with E-state index < -0.39 is 0 Å². The van der Waals surface area contributed by atoms with Crippen LogP contribution in [0.25, 0.3) is 54.1 Å². The van der Waals surface area contributed by atoms with E-state index in [1.54, 1.807) is 9.03 Å².